The van der Waals surface area contributed by atoms with Crippen molar-refractivity contribution < 1.29 is 9.90 Å². The van der Waals surface area contributed by atoms with Crippen LogP contribution in [0.1, 0.15) is 40.1 Å². The number of hydrogen-bond donors (Lipinski definition) is 5. The second-order valence-corrected chi connectivity index (χ2v) is 7.03. The predicted molar refractivity (Wildman–Crippen MR) is 122 cm³/mol. The molecule has 9 nitrogen and oxygen atoms in total. The SMILES string of the molecule is C[C@@H](NC(=O)c1[nH]c(=O)[nH]c(=O)c1O)c1cccc(C(C=NCc2ccccc2)=CN)c1. The molecule has 0 radical (unpaired) electrons. The van der Waals surface area contributed by atoms with Crippen LogP contribution in [0, 0.1) is 0 Å². The van der Waals surface area contributed by atoms with Gasteiger partial charge in [0.2, 0.25) is 5.75 Å². The molecular formula is C23H23N5O4. The summed E-state index contributed by atoms with van der Waals surface area (Å²) in [5, 5.41) is 12.4. The molecule has 3 aromatic rings. The number of aliphatic imine (C=N–C) groups is 1. The predicted octanol–water partition coefficient (Wildman–Crippen LogP) is 1.83. The molecule has 0 aliphatic heterocycles. The zero-order valence-electron chi connectivity index (χ0n) is 17.3. The zero-order valence-corrected chi connectivity index (χ0v) is 17.3. The van der Waals surface area contributed by atoms with Crippen LogP contribution in [-0.4, -0.2) is 27.2 Å². The minimum atomic E-state index is -1.04. The minimum Gasteiger partial charge on any atom is -0.501 e. The van der Waals surface area contributed by atoms with Gasteiger partial charge in [-0.15, -0.1) is 0 Å². The van der Waals surface area contributed by atoms with Crippen LogP contribution in [0.25, 0.3) is 5.57 Å². The monoisotopic (exact) mass is 433 g/mol. The highest BCUT2D eigenvalue weighted by molar-refractivity contribution is 6.09. The van der Waals surface area contributed by atoms with Gasteiger partial charge in [-0.05, 0) is 29.7 Å². The van der Waals surface area contributed by atoms with Gasteiger partial charge < -0.3 is 16.2 Å². The fraction of sp³-hybridized carbons (Fsp3) is 0.130. The third kappa shape index (κ3) is 5.39. The maximum Gasteiger partial charge on any atom is 0.326 e. The first-order valence-electron chi connectivity index (χ1n) is 9.81. The van der Waals surface area contributed by atoms with Gasteiger partial charge in [0, 0.05) is 18.0 Å². The molecule has 0 saturated carbocycles. The lowest BCUT2D eigenvalue weighted by Gasteiger charge is -2.16. The van der Waals surface area contributed by atoms with Crippen LogP contribution in [0.15, 0.2) is 75.4 Å². The molecule has 32 heavy (non-hydrogen) atoms. The van der Waals surface area contributed by atoms with Crippen molar-refractivity contribution in [1.82, 2.24) is 15.3 Å². The normalized spacial score (nSPS) is 12.6. The van der Waals surface area contributed by atoms with Gasteiger partial charge in [0.05, 0.1) is 12.6 Å². The van der Waals surface area contributed by atoms with Crippen LogP contribution in [0.2, 0.25) is 0 Å². The Bertz CT molecular complexity index is 1280. The van der Waals surface area contributed by atoms with E-state index in [0.717, 1.165) is 16.7 Å². The van der Waals surface area contributed by atoms with E-state index in [9.17, 15) is 19.5 Å². The number of benzene rings is 2. The van der Waals surface area contributed by atoms with Crippen LogP contribution < -0.4 is 22.3 Å². The van der Waals surface area contributed by atoms with Crippen LogP contribution >= 0.6 is 0 Å². The molecule has 0 fully saturated rings. The number of aromatic nitrogens is 2. The van der Waals surface area contributed by atoms with Crippen LogP contribution in [0.3, 0.4) is 0 Å². The van der Waals surface area contributed by atoms with Crippen molar-refractivity contribution in [3.63, 3.8) is 0 Å². The van der Waals surface area contributed by atoms with Crippen molar-refractivity contribution >= 4 is 17.7 Å². The molecule has 1 atom stereocenters. The summed E-state index contributed by atoms with van der Waals surface area (Å²) in [5.74, 6) is -1.64. The van der Waals surface area contributed by atoms with Gasteiger partial charge in [0.1, 0.15) is 0 Å². The van der Waals surface area contributed by atoms with E-state index in [0.29, 0.717) is 12.1 Å². The highest BCUT2D eigenvalue weighted by Crippen LogP contribution is 2.20. The molecule has 3 rings (SSSR count). The molecule has 0 aliphatic carbocycles. The number of nitrogens with zero attached hydrogens (tertiary/aromatic N) is 1. The van der Waals surface area contributed by atoms with E-state index in [1.807, 2.05) is 59.6 Å². The average molecular weight is 433 g/mol. The summed E-state index contributed by atoms with van der Waals surface area (Å²) in [6.45, 7) is 2.25. The number of rotatable bonds is 7. The smallest absolute Gasteiger partial charge is 0.326 e. The third-order valence-corrected chi connectivity index (χ3v) is 4.74. The molecule has 0 saturated heterocycles. The molecule has 6 N–H and O–H groups in total. The van der Waals surface area contributed by atoms with E-state index in [-0.39, 0.29) is 0 Å². The zero-order chi connectivity index (χ0) is 23.1. The fourth-order valence-electron chi connectivity index (χ4n) is 3.03. The van der Waals surface area contributed by atoms with E-state index in [1.165, 1.54) is 6.20 Å². The number of allylic oxidation sites excluding steroid dienone is 1. The molecule has 1 heterocycles. The molecular weight excluding hydrogens is 410 g/mol. The second-order valence-electron chi connectivity index (χ2n) is 7.03. The lowest BCUT2D eigenvalue weighted by molar-refractivity contribution is 0.0931. The van der Waals surface area contributed by atoms with Crippen LogP contribution in [0.5, 0.6) is 5.75 Å². The molecule has 0 aliphatic rings. The largest absolute Gasteiger partial charge is 0.501 e. The third-order valence-electron chi connectivity index (χ3n) is 4.74. The highest BCUT2D eigenvalue weighted by atomic mass is 16.3. The number of nitrogens with one attached hydrogen (secondary N) is 3. The van der Waals surface area contributed by atoms with Crippen molar-refractivity contribution in [2.45, 2.75) is 19.5 Å². The summed E-state index contributed by atoms with van der Waals surface area (Å²) in [6, 6.07) is 16.7. The van der Waals surface area contributed by atoms with Crippen molar-refractivity contribution in [3.8, 4) is 5.75 Å². The van der Waals surface area contributed by atoms with Gasteiger partial charge in [-0.3, -0.25) is 24.5 Å². The topological polar surface area (TPSA) is 153 Å². The Balaban J connectivity index is 1.75. The molecule has 164 valence electrons. The average Bonchev–Trinajstić information content (AvgIpc) is 2.79. The van der Waals surface area contributed by atoms with Gasteiger partial charge in [-0.2, -0.15) is 0 Å². The van der Waals surface area contributed by atoms with E-state index >= 15 is 0 Å². The Kier molecular flexibility index (Phi) is 7.02. The first kappa shape index (κ1) is 22.3. The molecule has 0 unspecified atom stereocenters. The van der Waals surface area contributed by atoms with E-state index in [1.54, 1.807) is 13.1 Å². The summed E-state index contributed by atoms with van der Waals surface area (Å²) in [7, 11) is 0. The van der Waals surface area contributed by atoms with Crippen molar-refractivity contribution in [3.05, 3.63) is 104 Å². The summed E-state index contributed by atoms with van der Waals surface area (Å²) in [5.41, 5.74) is 6.69. The number of amides is 1. The number of aromatic hydroxyl groups is 1. The summed E-state index contributed by atoms with van der Waals surface area (Å²) in [4.78, 5) is 43.8. The van der Waals surface area contributed by atoms with Crippen molar-refractivity contribution in [1.29, 1.82) is 0 Å². The van der Waals surface area contributed by atoms with E-state index in [4.69, 9.17) is 5.73 Å². The molecule has 1 amide bonds. The molecule has 1 aromatic heterocycles. The number of nitrogens with two attached hydrogens (primary N) is 1. The van der Waals surface area contributed by atoms with Gasteiger partial charge in [0.25, 0.3) is 11.5 Å². The Labute approximate surface area is 183 Å². The van der Waals surface area contributed by atoms with E-state index in [2.05, 4.69) is 15.3 Å². The summed E-state index contributed by atoms with van der Waals surface area (Å²) < 4.78 is 0. The molecule has 0 bridgehead atoms. The quantitative estimate of drug-likeness (QED) is 0.360. The first-order valence-corrected chi connectivity index (χ1v) is 9.81. The van der Waals surface area contributed by atoms with Gasteiger partial charge in [-0.1, -0.05) is 48.5 Å². The highest BCUT2D eigenvalue weighted by Gasteiger charge is 2.18. The maximum atomic E-state index is 12.5. The number of aromatic amines is 2. The lowest BCUT2D eigenvalue weighted by atomic mass is 10.0. The Morgan fingerprint density at radius 1 is 1.16 bits per heavy atom. The summed E-state index contributed by atoms with van der Waals surface area (Å²) in [6.07, 6.45) is 3.14. The molecule has 0 spiro atoms. The first-order chi connectivity index (χ1) is 15.4. The number of carbonyl (C=O) groups excluding carboxylic acids is 1. The van der Waals surface area contributed by atoms with Crippen LogP contribution in [0.4, 0.5) is 0 Å². The lowest BCUT2D eigenvalue weighted by Crippen LogP contribution is -2.32. The van der Waals surface area contributed by atoms with E-state index < -0.39 is 34.6 Å². The molecule has 2 aromatic carbocycles. The minimum absolute atomic E-state index is 0.495. The standard InChI is InChI=1S/C23H23N5O4/c1-14(26-21(30)19-20(29)22(31)28-23(32)27-19)16-8-5-9-17(10-16)18(11-24)13-25-12-15-6-3-2-4-7-15/h2-11,13-14,29H,12,24H2,1H3,(H,26,30)(H2,27,28,31,32)/t14-/m1/s1. The number of H-pyrrole nitrogens is 2. The van der Waals surface area contributed by atoms with Gasteiger partial charge in [-0.25, -0.2) is 4.79 Å². The van der Waals surface area contributed by atoms with Crippen LogP contribution in [-0.2, 0) is 6.54 Å². The molecule has 9 heteroatoms. The number of carbonyl (C=O) groups is 1. The fourth-order valence-corrected chi connectivity index (χ4v) is 3.03. The van der Waals surface area contributed by atoms with Gasteiger partial charge in [0.15, 0.2) is 5.69 Å². The maximum absolute atomic E-state index is 12.5. The van der Waals surface area contributed by atoms with Crippen molar-refractivity contribution in [2.75, 3.05) is 0 Å². The Morgan fingerprint density at radius 2 is 1.91 bits per heavy atom. The summed E-state index contributed by atoms with van der Waals surface area (Å²) >= 11 is 0. The van der Waals surface area contributed by atoms with Gasteiger partial charge >= 0.3 is 5.69 Å². The Hall–Kier alpha value is -4.40. The second kappa shape index (κ2) is 10.1. The Morgan fingerprint density at radius 3 is 2.62 bits per heavy atom. The van der Waals surface area contributed by atoms with Crippen molar-refractivity contribution in [2.24, 2.45) is 10.7 Å². The number of hydrogen-bond acceptors (Lipinski definition) is 6.